The smallest absolute Gasteiger partial charge is 0.261 e. The van der Waals surface area contributed by atoms with E-state index in [4.69, 9.17) is 4.42 Å². The Morgan fingerprint density at radius 1 is 1.47 bits per heavy atom. The van der Waals surface area contributed by atoms with Crippen LogP contribution in [0, 0.1) is 0 Å². The van der Waals surface area contributed by atoms with Crippen LogP contribution in [0.1, 0.15) is 6.92 Å². The van der Waals surface area contributed by atoms with Crippen molar-refractivity contribution < 1.29 is 4.42 Å². The topological polar surface area (TPSA) is 51.0 Å². The van der Waals surface area contributed by atoms with Crippen LogP contribution >= 0.6 is 11.8 Å². The predicted molar refractivity (Wildman–Crippen MR) is 59.0 cm³/mol. The molecule has 0 aliphatic rings. The number of oxazole rings is 1. The van der Waals surface area contributed by atoms with E-state index in [9.17, 15) is 0 Å². The van der Waals surface area contributed by atoms with Gasteiger partial charge >= 0.3 is 0 Å². The quantitative estimate of drug-likeness (QED) is 0.860. The Balaban J connectivity index is 2.11. The molecule has 2 rings (SSSR count). The Labute approximate surface area is 92.1 Å². The predicted octanol–water partition coefficient (Wildman–Crippen LogP) is 2.65. The lowest BCUT2D eigenvalue weighted by molar-refractivity contribution is 0.454. The molecule has 0 amide bonds. The number of anilines is 1. The first kappa shape index (κ1) is 10.0. The van der Waals surface area contributed by atoms with E-state index in [1.54, 1.807) is 12.5 Å². The molecule has 1 N–H and O–H groups in total. The standard InChI is InChI=1S/C10H11N3OS/c1-2-11-8-4-3-5-9(13-8)15-10-12-6-7-14-10/h3-7H,2H2,1H3,(H,11,13). The Kier molecular flexibility index (Phi) is 3.24. The molecule has 2 aromatic rings. The lowest BCUT2D eigenvalue weighted by Gasteiger charge is -2.02. The summed E-state index contributed by atoms with van der Waals surface area (Å²) in [6.07, 6.45) is 3.17. The van der Waals surface area contributed by atoms with Gasteiger partial charge in [-0.05, 0) is 30.8 Å². The summed E-state index contributed by atoms with van der Waals surface area (Å²) in [4.78, 5) is 8.41. The van der Waals surface area contributed by atoms with Crippen LogP contribution in [-0.2, 0) is 0 Å². The first-order valence-corrected chi connectivity index (χ1v) is 5.48. The average molecular weight is 221 g/mol. The molecule has 0 unspecified atom stereocenters. The number of nitrogens with one attached hydrogen (secondary N) is 1. The molecule has 2 aromatic heterocycles. The number of rotatable bonds is 4. The minimum absolute atomic E-state index is 0.608. The number of pyridine rings is 1. The number of hydrogen-bond acceptors (Lipinski definition) is 5. The monoisotopic (exact) mass is 221 g/mol. The number of nitrogens with zero attached hydrogens (tertiary/aromatic N) is 2. The molecule has 78 valence electrons. The summed E-state index contributed by atoms with van der Waals surface area (Å²) < 4.78 is 5.13. The van der Waals surface area contributed by atoms with E-state index in [0.29, 0.717) is 5.22 Å². The van der Waals surface area contributed by atoms with E-state index in [0.717, 1.165) is 17.4 Å². The van der Waals surface area contributed by atoms with Crippen molar-refractivity contribution in [1.29, 1.82) is 0 Å². The fourth-order valence-corrected chi connectivity index (χ4v) is 1.79. The summed E-state index contributed by atoms with van der Waals surface area (Å²) in [5.41, 5.74) is 0. The van der Waals surface area contributed by atoms with Crippen molar-refractivity contribution in [3.05, 3.63) is 30.7 Å². The Bertz CT molecular complexity index is 416. The molecule has 0 aliphatic carbocycles. The van der Waals surface area contributed by atoms with Crippen molar-refractivity contribution in [1.82, 2.24) is 9.97 Å². The van der Waals surface area contributed by atoms with Crippen molar-refractivity contribution in [2.75, 3.05) is 11.9 Å². The summed E-state index contributed by atoms with van der Waals surface area (Å²) in [5, 5.41) is 4.63. The molecule has 0 saturated heterocycles. The van der Waals surface area contributed by atoms with Crippen LogP contribution in [0.2, 0.25) is 0 Å². The van der Waals surface area contributed by atoms with E-state index >= 15 is 0 Å². The molecule has 0 bridgehead atoms. The molecular weight excluding hydrogens is 210 g/mol. The third-order valence-corrected chi connectivity index (χ3v) is 2.50. The molecule has 0 atom stereocenters. The molecule has 5 heteroatoms. The van der Waals surface area contributed by atoms with Gasteiger partial charge in [-0.15, -0.1) is 0 Å². The van der Waals surface area contributed by atoms with Crippen LogP contribution in [0.25, 0.3) is 0 Å². The van der Waals surface area contributed by atoms with Gasteiger partial charge in [0.2, 0.25) is 0 Å². The molecule has 0 radical (unpaired) electrons. The van der Waals surface area contributed by atoms with Crippen molar-refractivity contribution in [2.45, 2.75) is 17.2 Å². The van der Waals surface area contributed by atoms with Crippen LogP contribution < -0.4 is 5.32 Å². The Morgan fingerprint density at radius 2 is 2.40 bits per heavy atom. The zero-order chi connectivity index (χ0) is 10.5. The van der Waals surface area contributed by atoms with Gasteiger partial charge in [0.1, 0.15) is 17.1 Å². The van der Waals surface area contributed by atoms with E-state index < -0.39 is 0 Å². The Morgan fingerprint density at radius 3 is 3.13 bits per heavy atom. The van der Waals surface area contributed by atoms with Crippen LogP contribution in [0.15, 0.2) is 45.3 Å². The van der Waals surface area contributed by atoms with Crippen LogP contribution in [-0.4, -0.2) is 16.5 Å². The highest BCUT2D eigenvalue weighted by Gasteiger charge is 2.03. The maximum atomic E-state index is 5.13. The van der Waals surface area contributed by atoms with Gasteiger partial charge in [0, 0.05) is 6.54 Å². The summed E-state index contributed by atoms with van der Waals surface area (Å²) in [6.45, 7) is 2.90. The van der Waals surface area contributed by atoms with Gasteiger partial charge in [-0.1, -0.05) is 6.07 Å². The maximum Gasteiger partial charge on any atom is 0.261 e. The fraction of sp³-hybridized carbons (Fsp3) is 0.200. The molecule has 15 heavy (non-hydrogen) atoms. The summed E-state index contributed by atoms with van der Waals surface area (Å²) in [6, 6.07) is 5.81. The summed E-state index contributed by atoms with van der Waals surface area (Å²) >= 11 is 1.41. The van der Waals surface area contributed by atoms with Crippen LogP contribution in [0.5, 0.6) is 0 Å². The minimum Gasteiger partial charge on any atom is -0.440 e. The SMILES string of the molecule is CCNc1cccc(Sc2ncco2)n1. The molecular formula is C10H11N3OS. The highest BCUT2D eigenvalue weighted by Crippen LogP contribution is 2.24. The molecule has 2 heterocycles. The minimum atomic E-state index is 0.608. The third kappa shape index (κ3) is 2.73. The molecule has 4 nitrogen and oxygen atoms in total. The second-order valence-electron chi connectivity index (χ2n) is 2.79. The van der Waals surface area contributed by atoms with Crippen LogP contribution in [0.3, 0.4) is 0 Å². The van der Waals surface area contributed by atoms with Crippen molar-refractivity contribution in [3.8, 4) is 0 Å². The highest BCUT2D eigenvalue weighted by atomic mass is 32.2. The molecule has 0 aromatic carbocycles. The van der Waals surface area contributed by atoms with Gasteiger partial charge in [0.15, 0.2) is 0 Å². The van der Waals surface area contributed by atoms with Crippen molar-refractivity contribution in [3.63, 3.8) is 0 Å². The maximum absolute atomic E-state index is 5.13. The normalized spacial score (nSPS) is 10.2. The van der Waals surface area contributed by atoms with E-state index in [1.165, 1.54) is 11.8 Å². The summed E-state index contributed by atoms with van der Waals surface area (Å²) in [7, 11) is 0. The average Bonchev–Trinajstić information content (AvgIpc) is 2.71. The third-order valence-electron chi connectivity index (χ3n) is 1.68. The van der Waals surface area contributed by atoms with Gasteiger partial charge in [0.05, 0.1) is 6.20 Å². The lowest BCUT2D eigenvalue weighted by atomic mass is 10.4. The Hall–Kier alpha value is -1.49. The van der Waals surface area contributed by atoms with Gasteiger partial charge < -0.3 is 9.73 Å². The molecule has 0 spiro atoms. The van der Waals surface area contributed by atoms with Gasteiger partial charge in [-0.3, -0.25) is 0 Å². The van der Waals surface area contributed by atoms with E-state index in [1.807, 2.05) is 25.1 Å². The molecule has 0 fully saturated rings. The van der Waals surface area contributed by atoms with E-state index in [2.05, 4.69) is 15.3 Å². The zero-order valence-electron chi connectivity index (χ0n) is 8.30. The second kappa shape index (κ2) is 4.84. The van der Waals surface area contributed by atoms with Crippen molar-refractivity contribution >= 4 is 17.6 Å². The molecule has 0 saturated carbocycles. The van der Waals surface area contributed by atoms with Crippen LogP contribution in [0.4, 0.5) is 5.82 Å². The lowest BCUT2D eigenvalue weighted by Crippen LogP contribution is -1.98. The number of aromatic nitrogens is 2. The number of hydrogen-bond donors (Lipinski definition) is 1. The fourth-order valence-electron chi connectivity index (χ4n) is 1.10. The zero-order valence-corrected chi connectivity index (χ0v) is 9.12. The van der Waals surface area contributed by atoms with Gasteiger partial charge in [-0.25, -0.2) is 9.97 Å². The molecule has 0 aliphatic heterocycles. The summed E-state index contributed by atoms with van der Waals surface area (Å²) in [5.74, 6) is 0.869. The van der Waals surface area contributed by atoms with Gasteiger partial charge in [-0.2, -0.15) is 0 Å². The second-order valence-corrected chi connectivity index (χ2v) is 3.76. The van der Waals surface area contributed by atoms with Crippen molar-refractivity contribution in [2.24, 2.45) is 0 Å². The van der Waals surface area contributed by atoms with Gasteiger partial charge in [0.25, 0.3) is 5.22 Å². The highest BCUT2D eigenvalue weighted by molar-refractivity contribution is 7.99. The first-order chi connectivity index (χ1) is 7.38. The first-order valence-electron chi connectivity index (χ1n) is 4.67. The van der Waals surface area contributed by atoms with E-state index in [-0.39, 0.29) is 0 Å². The largest absolute Gasteiger partial charge is 0.440 e.